The van der Waals surface area contributed by atoms with Crippen LogP contribution in [-0.4, -0.2) is 29.9 Å². The molecule has 2 N–H and O–H groups in total. The lowest BCUT2D eigenvalue weighted by atomic mass is 10.0. The van der Waals surface area contributed by atoms with Crippen LogP contribution in [0.5, 0.6) is 0 Å². The van der Waals surface area contributed by atoms with E-state index in [0.29, 0.717) is 13.0 Å². The standard InChI is InChI=1S/C15H20N2O/c1-12-7-9-17(10-8-12)15(18)14(16)11-13-5-3-2-4-6-13/h2-7,14H,8-11,16H2,1H3/t14-/m0/s1. The molecule has 0 saturated heterocycles. The monoisotopic (exact) mass is 244 g/mol. The molecule has 3 heteroatoms. The Hall–Kier alpha value is -1.61. The van der Waals surface area contributed by atoms with Crippen molar-refractivity contribution in [3.8, 4) is 0 Å². The van der Waals surface area contributed by atoms with Crippen molar-refractivity contribution in [3.05, 3.63) is 47.5 Å². The maximum Gasteiger partial charge on any atom is 0.240 e. The van der Waals surface area contributed by atoms with Crippen molar-refractivity contribution in [2.45, 2.75) is 25.8 Å². The van der Waals surface area contributed by atoms with Gasteiger partial charge in [-0.3, -0.25) is 4.79 Å². The van der Waals surface area contributed by atoms with Crippen molar-refractivity contribution < 1.29 is 4.79 Å². The summed E-state index contributed by atoms with van der Waals surface area (Å²) in [6.45, 7) is 3.60. The lowest BCUT2D eigenvalue weighted by Crippen LogP contribution is -2.46. The first-order valence-electron chi connectivity index (χ1n) is 6.41. The SMILES string of the molecule is CC1=CCN(C(=O)[C@@H](N)Cc2ccccc2)CC1. The topological polar surface area (TPSA) is 46.3 Å². The van der Waals surface area contributed by atoms with E-state index < -0.39 is 6.04 Å². The lowest BCUT2D eigenvalue weighted by Gasteiger charge is -2.28. The molecule has 1 aromatic carbocycles. The molecule has 1 amide bonds. The molecule has 0 aromatic heterocycles. The van der Waals surface area contributed by atoms with Gasteiger partial charge in [0.15, 0.2) is 0 Å². The van der Waals surface area contributed by atoms with Gasteiger partial charge < -0.3 is 10.6 Å². The van der Waals surface area contributed by atoms with Crippen LogP contribution in [0.1, 0.15) is 18.9 Å². The number of rotatable bonds is 3. The number of hydrogen-bond donors (Lipinski definition) is 1. The Morgan fingerprint density at radius 1 is 1.39 bits per heavy atom. The predicted molar refractivity (Wildman–Crippen MR) is 73.1 cm³/mol. The molecular formula is C15H20N2O. The van der Waals surface area contributed by atoms with Crippen LogP contribution < -0.4 is 5.73 Å². The van der Waals surface area contributed by atoms with Gasteiger partial charge in [0.1, 0.15) is 0 Å². The largest absolute Gasteiger partial charge is 0.337 e. The second-order valence-corrected chi connectivity index (χ2v) is 4.88. The Morgan fingerprint density at radius 2 is 2.11 bits per heavy atom. The second kappa shape index (κ2) is 5.83. The molecule has 3 nitrogen and oxygen atoms in total. The molecule has 1 aliphatic rings. The molecule has 96 valence electrons. The van der Waals surface area contributed by atoms with Gasteiger partial charge in [0.2, 0.25) is 5.91 Å². The summed E-state index contributed by atoms with van der Waals surface area (Å²) in [7, 11) is 0. The highest BCUT2D eigenvalue weighted by Gasteiger charge is 2.22. The molecule has 1 atom stereocenters. The zero-order chi connectivity index (χ0) is 13.0. The highest BCUT2D eigenvalue weighted by Crippen LogP contribution is 2.11. The highest BCUT2D eigenvalue weighted by atomic mass is 16.2. The van der Waals surface area contributed by atoms with Crippen molar-refractivity contribution in [3.63, 3.8) is 0 Å². The summed E-state index contributed by atoms with van der Waals surface area (Å²) in [5.41, 5.74) is 8.47. The molecule has 0 fully saturated rings. The molecule has 0 unspecified atom stereocenters. The van der Waals surface area contributed by atoms with E-state index in [1.54, 1.807) is 0 Å². The van der Waals surface area contributed by atoms with Crippen LogP contribution >= 0.6 is 0 Å². The number of nitrogens with zero attached hydrogens (tertiary/aromatic N) is 1. The van der Waals surface area contributed by atoms with Crippen molar-refractivity contribution in [2.75, 3.05) is 13.1 Å². The highest BCUT2D eigenvalue weighted by molar-refractivity contribution is 5.82. The molecule has 0 saturated carbocycles. The zero-order valence-electron chi connectivity index (χ0n) is 10.8. The van der Waals surface area contributed by atoms with Gasteiger partial charge in [-0.1, -0.05) is 42.0 Å². The molecule has 1 aliphatic heterocycles. The first-order valence-corrected chi connectivity index (χ1v) is 6.41. The van der Waals surface area contributed by atoms with E-state index in [9.17, 15) is 4.79 Å². The fourth-order valence-electron chi connectivity index (χ4n) is 2.16. The third-order valence-electron chi connectivity index (χ3n) is 3.36. The average Bonchev–Trinajstić information content (AvgIpc) is 2.40. The summed E-state index contributed by atoms with van der Waals surface area (Å²) in [5, 5.41) is 0. The summed E-state index contributed by atoms with van der Waals surface area (Å²) in [4.78, 5) is 14.0. The van der Waals surface area contributed by atoms with E-state index in [0.717, 1.165) is 18.5 Å². The number of benzene rings is 1. The molecule has 0 bridgehead atoms. The third-order valence-corrected chi connectivity index (χ3v) is 3.36. The molecule has 1 heterocycles. The Bertz CT molecular complexity index is 439. The molecule has 0 radical (unpaired) electrons. The van der Waals surface area contributed by atoms with Gasteiger partial charge in [0, 0.05) is 13.1 Å². The minimum Gasteiger partial charge on any atom is -0.337 e. The molecule has 2 rings (SSSR count). The summed E-state index contributed by atoms with van der Waals surface area (Å²) >= 11 is 0. The molecule has 0 aliphatic carbocycles. The van der Waals surface area contributed by atoms with Gasteiger partial charge in [0.05, 0.1) is 6.04 Å². The Labute approximate surface area is 108 Å². The normalized spacial score (nSPS) is 17.2. The smallest absolute Gasteiger partial charge is 0.240 e. The van der Waals surface area contributed by atoms with E-state index >= 15 is 0 Å². The van der Waals surface area contributed by atoms with Crippen molar-refractivity contribution in [2.24, 2.45) is 5.73 Å². The van der Waals surface area contributed by atoms with Crippen LogP contribution in [0.15, 0.2) is 42.0 Å². The zero-order valence-corrected chi connectivity index (χ0v) is 10.8. The van der Waals surface area contributed by atoms with Crippen LogP contribution in [0, 0.1) is 0 Å². The minimum absolute atomic E-state index is 0.0580. The molecule has 0 spiro atoms. The van der Waals surface area contributed by atoms with E-state index in [4.69, 9.17) is 5.73 Å². The lowest BCUT2D eigenvalue weighted by molar-refractivity contribution is -0.132. The predicted octanol–water partition coefficient (Wildman–Crippen LogP) is 1.73. The Morgan fingerprint density at radius 3 is 2.72 bits per heavy atom. The van der Waals surface area contributed by atoms with Gasteiger partial charge in [-0.15, -0.1) is 0 Å². The van der Waals surface area contributed by atoms with Crippen LogP contribution in [-0.2, 0) is 11.2 Å². The summed E-state index contributed by atoms with van der Waals surface area (Å²) in [5.74, 6) is 0.0580. The van der Waals surface area contributed by atoms with Gasteiger partial charge in [-0.2, -0.15) is 0 Å². The van der Waals surface area contributed by atoms with Crippen molar-refractivity contribution in [1.82, 2.24) is 4.90 Å². The van der Waals surface area contributed by atoms with Gasteiger partial charge in [-0.25, -0.2) is 0 Å². The molecule has 1 aromatic rings. The minimum atomic E-state index is -0.431. The Balaban J connectivity index is 1.93. The average molecular weight is 244 g/mol. The third kappa shape index (κ3) is 3.20. The van der Waals surface area contributed by atoms with Gasteiger partial charge in [0.25, 0.3) is 0 Å². The first-order chi connectivity index (χ1) is 8.66. The van der Waals surface area contributed by atoms with Crippen LogP contribution in [0.4, 0.5) is 0 Å². The van der Waals surface area contributed by atoms with Gasteiger partial charge >= 0.3 is 0 Å². The summed E-state index contributed by atoms with van der Waals surface area (Å²) in [6.07, 6.45) is 3.68. The van der Waals surface area contributed by atoms with Gasteiger partial charge in [-0.05, 0) is 25.3 Å². The van der Waals surface area contributed by atoms with Crippen molar-refractivity contribution >= 4 is 5.91 Å². The van der Waals surface area contributed by atoms with Crippen LogP contribution in [0.2, 0.25) is 0 Å². The maximum atomic E-state index is 12.2. The van der Waals surface area contributed by atoms with E-state index in [-0.39, 0.29) is 5.91 Å². The summed E-state index contributed by atoms with van der Waals surface area (Å²) in [6, 6.07) is 9.49. The Kier molecular flexibility index (Phi) is 4.15. The van der Waals surface area contributed by atoms with Crippen LogP contribution in [0.25, 0.3) is 0 Å². The van der Waals surface area contributed by atoms with Crippen LogP contribution in [0.3, 0.4) is 0 Å². The van der Waals surface area contributed by atoms with E-state index in [2.05, 4.69) is 13.0 Å². The fourth-order valence-corrected chi connectivity index (χ4v) is 2.16. The quantitative estimate of drug-likeness (QED) is 0.823. The summed E-state index contributed by atoms with van der Waals surface area (Å²) < 4.78 is 0. The molecule has 18 heavy (non-hydrogen) atoms. The fraction of sp³-hybridized carbons (Fsp3) is 0.400. The number of hydrogen-bond acceptors (Lipinski definition) is 2. The van der Waals surface area contributed by atoms with E-state index in [1.165, 1.54) is 5.57 Å². The maximum absolute atomic E-state index is 12.2. The number of amides is 1. The van der Waals surface area contributed by atoms with E-state index in [1.807, 2.05) is 35.2 Å². The number of nitrogens with two attached hydrogens (primary N) is 1. The number of carbonyl (C=O) groups excluding carboxylic acids is 1. The van der Waals surface area contributed by atoms with Crippen molar-refractivity contribution in [1.29, 1.82) is 0 Å². The first kappa shape index (κ1) is 12.8. The second-order valence-electron chi connectivity index (χ2n) is 4.88. The molecular weight excluding hydrogens is 224 g/mol. The number of carbonyl (C=O) groups is 1.